The van der Waals surface area contributed by atoms with Crippen LogP contribution < -0.4 is 5.73 Å². The fourth-order valence-electron chi connectivity index (χ4n) is 1.74. The van der Waals surface area contributed by atoms with Crippen LogP contribution in [0.4, 0.5) is 10.3 Å². The first-order valence-corrected chi connectivity index (χ1v) is 7.42. The number of halogens is 2. The summed E-state index contributed by atoms with van der Waals surface area (Å²) in [6.45, 7) is 0.768. The monoisotopic (exact) mass is 317 g/mol. The van der Waals surface area contributed by atoms with Crippen molar-refractivity contribution in [1.29, 1.82) is 0 Å². The van der Waals surface area contributed by atoms with E-state index in [1.54, 1.807) is 17.8 Å². The molecule has 0 aliphatic rings. The van der Waals surface area contributed by atoms with E-state index >= 15 is 0 Å². The predicted molar refractivity (Wildman–Crippen MR) is 74.8 cm³/mol. The zero-order valence-corrected chi connectivity index (χ0v) is 11.8. The molecule has 0 aliphatic heterocycles. The first kappa shape index (κ1) is 12.7. The summed E-state index contributed by atoms with van der Waals surface area (Å²) in [5, 5.41) is 0. The molecule has 1 aromatic heterocycles. The highest BCUT2D eigenvalue weighted by Gasteiger charge is 2.11. The number of rotatable bonds is 4. The number of anilines is 1. The Balaban J connectivity index is 2.40. The zero-order valence-electron chi connectivity index (χ0n) is 9.41. The van der Waals surface area contributed by atoms with Crippen molar-refractivity contribution in [2.45, 2.75) is 13.0 Å². The SMILES string of the molecule is CSCCCn1c(N)nc2cc(Br)c(F)cc21. The summed E-state index contributed by atoms with van der Waals surface area (Å²) in [4.78, 5) is 4.23. The molecule has 2 rings (SSSR count). The van der Waals surface area contributed by atoms with Crippen LogP contribution in [0.5, 0.6) is 0 Å². The lowest BCUT2D eigenvalue weighted by Gasteiger charge is -2.05. The highest BCUT2D eigenvalue weighted by atomic mass is 79.9. The Labute approximate surface area is 112 Å². The Kier molecular flexibility index (Phi) is 3.93. The van der Waals surface area contributed by atoms with Crippen LogP contribution in [0.25, 0.3) is 11.0 Å². The lowest BCUT2D eigenvalue weighted by atomic mass is 10.3. The first-order chi connectivity index (χ1) is 8.13. The van der Waals surface area contributed by atoms with Gasteiger partial charge in [-0.25, -0.2) is 9.37 Å². The maximum absolute atomic E-state index is 13.5. The predicted octanol–water partition coefficient (Wildman–Crippen LogP) is 3.27. The van der Waals surface area contributed by atoms with Gasteiger partial charge in [0.15, 0.2) is 0 Å². The van der Waals surface area contributed by atoms with Crippen LogP contribution in [0.2, 0.25) is 0 Å². The van der Waals surface area contributed by atoms with E-state index in [9.17, 15) is 4.39 Å². The molecule has 0 bridgehead atoms. The number of aryl methyl sites for hydroxylation is 1. The Bertz CT molecular complexity index is 541. The molecule has 0 spiro atoms. The van der Waals surface area contributed by atoms with E-state index in [2.05, 4.69) is 27.2 Å². The van der Waals surface area contributed by atoms with Crippen molar-refractivity contribution in [3.63, 3.8) is 0 Å². The van der Waals surface area contributed by atoms with Gasteiger partial charge in [0, 0.05) is 12.6 Å². The maximum Gasteiger partial charge on any atom is 0.201 e. The van der Waals surface area contributed by atoms with E-state index < -0.39 is 0 Å². The summed E-state index contributed by atoms with van der Waals surface area (Å²) in [6, 6.07) is 3.13. The molecule has 2 N–H and O–H groups in total. The molecule has 92 valence electrons. The van der Waals surface area contributed by atoms with Crippen LogP contribution in [-0.4, -0.2) is 21.6 Å². The Morgan fingerprint density at radius 2 is 2.29 bits per heavy atom. The number of hydrogen-bond acceptors (Lipinski definition) is 3. The molecule has 0 saturated heterocycles. The largest absolute Gasteiger partial charge is 0.369 e. The molecule has 0 amide bonds. The molecule has 0 unspecified atom stereocenters. The Morgan fingerprint density at radius 1 is 1.53 bits per heavy atom. The minimum Gasteiger partial charge on any atom is -0.369 e. The van der Waals surface area contributed by atoms with Gasteiger partial charge in [0.1, 0.15) is 5.82 Å². The van der Waals surface area contributed by atoms with Gasteiger partial charge in [-0.1, -0.05) is 0 Å². The normalized spacial score (nSPS) is 11.2. The number of thioether (sulfide) groups is 1. The number of aromatic nitrogens is 2. The summed E-state index contributed by atoms with van der Waals surface area (Å²) >= 11 is 4.93. The molecule has 17 heavy (non-hydrogen) atoms. The summed E-state index contributed by atoms with van der Waals surface area (Å²) in [5.74, 6) is 1.21. The van der Waals surface area contributed by atoms with E-state index in [0.29, 0.717) is 10.4 Å². The van der Waals surface area contributed by atoms with Gasteiger partial charge in [-0.2, -0.15) is 11.8 Å². The van der Waals surface area contributed by atoms with Crippen LogP contribution in [0, 0.1) is 5.82 Å². The molecular formula is C11H13BrFN3S. The lowest BCUT2D eigenvalue weighted by Crippen LogP contribution is -2.04. The van der Waals surface area contributed by atoms with Crippen LogP contribution >= 0.6 is 27.7 Å². The highest BCUT2D eigenvalue weighted by Crippen LogP contribution is 2.25. The van der Waals surface area contributed by atoms with Crippen LogP contribution in [-0.2, 0) is 6.54 Å². The molecule has 0 radical (unpaired) electrons. The summed E-state index contributed by atoms with van der Waals surface area (Å²) in [7, 11) is 0. The standard InChI is InChI=1S/C11H13BrFN3S/c1-17-4-2-3-16-10-6-8(13)7(12)5-9(10)15-11(16)14/h5-6H,2-4H2,1H3,(H2,14,15). The number of nitrogens with two attached hydrogens (primary N) is 1. The summed E-state index contributed by atoms with van der Waals surface area (Å²) in [6.07, 6.45) is 3.06. The van der Waals surface area contributed by atoms with E-state index in [1.165, 1.54) is 6.07 Å². The van der Waals surface area contributed by atoms with Gasteiger partial charge < -0.3 is 10.3 Å². The fourth-order valence-corrected chi connectivity index (χ4v) is 2.49. The van der Waals surface area contributed by atoms with Crippen molar-refractivity contribution >= 4 is 44.7 Å². The second kappa shape index (κ2) is 5.27. The molecule has 0 fully saturated rings. The van der Waals surface area contributed by atoms with E-state index in [0.717, 1.165) is 29.8 Å². The maximum atomic E-state index is 13.5. The van der Waals surface area contributed by atoms with E-state index in [-0.39, 0.29) is 5.82 Å². The van der Waals surface area contributed by atoms with Crippen molar-refractivity contribution in [3.8, 4) is 0 Å². The van der Waals surface area contributed by atoms with Gasteiger partial charge in [-0.15, -0.1) is 0 Å². The third-order valence-electron chi connectivity index (χ3n) is 2.55. The minimum atomic E-state index is -0.288. The van der Waals surface area contributed by atoms with Gasteiger partial charge in [0.2, 0.25) is 5.95 Å². The average molecular weight is 318 g/mol. The topological polar surface area (TPSA) is 43.8 Å². The van der Waals surface area contributed by atoms with E-state index in [1.807, 2.05) is 4.57 Å². The van der Waals surface area contributed by atoms with Gasteiger partial charge in [0.05, 0.1) is 15.5 Å². The lowest BCUT2D eigenvalue weighted by molar-refractivity contribution is 0.621. The van der Waals surface area contributed by atoms with Crippen LogP contribution in [0.1, 0.15) is 6.42 Å². The third-order valence-corrected chi connectivity index (χ3v) is 3.85. The van der Waals surface area contributed by atoms with Crippen molar-refractivity contribution in [3.05, 3.63) is 22.4 Å². The summed E-state index contributed by atoms with van der Waals surface area (Å²) in [5.41, 5.74) is 7.32. The van der Waals surface area contributed by atoms with Crippen molar-refractivity contribution in [2.75, 3.05) is 17.7 Å². The summed E-state index contributed by atoms with van der Waals surface area (Å²) < 4.78 is 15.8. The molecule has 3 nitrogen and oxygen atoms in total. The second-order valence-corrected chi connectivity index (χ2v) is 5.56. The molecule has 0 saturated carbocycles. The quantitative estimate of drug-likeness (QED) is 0.880. The Hall–Kier alpha value is -0.750. The average Bonchev–Trinajstić information content (AvgIpc) is 2.57. The molecule has 0 atom stereocenters. The van der Waals surface area contributed by atoms with Crippen molar-refractivity contribution < 1.29 is 4.39 Å². The van der Waals surface area contributed by atoms with Crippen LogP contribution in [0.3, 0.4) is 0 Å². The van der Waals surface area contributed by atoms with Crippen molar-refractivity contribution in [1.82, 2.24) is 9.55 Å². The van der Waals surface area contributed by atoms with Gasteiger partial charge in [-0.05, 0) is 40.4 Å². The number of benzene rings is 1. The zero-order chi connectivity index (χ0) is 12.4. The van der Waals surface area contributed by atoms with E-state index in [4.69, 9.17) is 5.73 Å². The molecule has 1 heterocycles. The van der Waals surface area contributed by atoms with Crippen molar-refractivity contribution in [2.24, 2.45) is 0 Å². The van der Waals surface area contributed by atoms with Crippen LogP contribution in [0.15, 0.2) is 16.6 Å². The number of imidazole rings is 1. The molecule has 2 aromatic rings. The molecule has 0 aliphatic carbocycles. The Morgan fingerprint density at radius 3 is 3.00 bits per heavy atom. The number of nitrogens with zero attached hydrogens (tertiary/aromatic N) is 2. The highest BCUT2D eigenvalue weighted by molar-refractivity contribution is 9.10. The van der Waals surface area contributed by atoms with Gasteiger partial charge in [-0.3, -0.25) is 0 Å². The fraction of sp³-hybridized carbons (Fsp3) is 0.364. The van der Waals surface area contributed by atoms with Gasteiger partial charge in [0.25, 0.3) is 0 Å². The third kappa shape index (κ3) is 2.57. The molecular weight excluding hydrogens is 305 g/mol. The minimum absolute atomic E-state index is 0.288. The molecule has 6 heteroatoms. The first-order valence-electron chi connectivity index (χ1n) is 5.23. The van der Waals surface area contributed by atoms with Gasteiger partial charge >= 0.3 is 0 Å². The number of nitrogen functional groups attached to an aromatic ring is 1. The smallest absolute Gasteiger partial charge is 0.201 e. The number of hydrogen-bond donors (Lipinski definition) is 1. The second-order valence-electron chi connectivity index (χ2n) is 3.72. The molecule has 1 aromatic carbocycles. The number of fused-ring (bicyclic) bond motifs is 1.